The van der Waals surface area contributed by atoms with E-state index in [0.29, 0.717) is 9.90 Å². The molecule has 2 aliphatic rings. The standard InChI is InChI=1S/C15H21ClN2OS/c16-12-5-9-20-13(12)14(19)18-11-4-8-17-15(10-11)6-2-1-3-7-15/h5,9,11,17H,1-4,6-8,10H2,(H,18,19). The first kappa shape index (κ1) is 14.4. The number of carbonyl (C=O) groups is 1. The molecule has 0 bridgehead atoms. The van der Waals surface area contributed by atoms with Crippen molar-refractivity contribution in [3.8, 4) is 0 Å². The van der Waals surface area contributed by atoms with Crippen LogP contribution < -0.4 is 10.6 Å². The molecule has 0 aromatic carbocycles. The predicted molar refractivity (Wildman–Crippen MR) is 83.6 cm³/mol. The fourth-order valence-electron chi connectivity index (χ4n) is 3.60. The molecule has 1 spiro atoms. The van der Waals surface area contributed by atoms with Crippen LogP contribution >= 0.6 is 22.9 Å². The van der Waals surface area contributed by atoms with Crippen LogP contribution in [-0.4, -0.2) is 24.0 Å². The van der Waals surface area contributed by atoms with Gasteiger partial charge in [0.05, 0.1) is 5.02 Å². The molecule has 110 valence electrons. The maximum absolute atomic E-state index is 12.3. The van der Waals surface area contributed by atoms with E-state index in [1.54, 1.807) is 6.07 Å². The van der Waals surface area contributed by atoms with Crippen LogP contribution in [0.25, 0.3) is 0 Å². The third-order valence-corrected chi connectivity index (χ3v) is 5.94. The highest BCUT2D eigenvalue weighted by Gasteiger charge is 2.37. The number of hydrogen-bond acceptors (Lipinski definition) is 3. The average molecular weight is 313 g/mol. The van der Waals surface area contributed by atoms with Gasteiger partial charge in [0.15, 0.2) is 0 Å². The molecule has 0 radical (unpaired) electrons. The Balaban J connectivity index is 1.63. The zero-order valence-electron chi connectivity index (χ0n) is 11.6. The number of thiophene rings is 1. The molecular formula is C15H21ClN2OS. The van der Waals surface area contributed by atoms with Gasteiger partial charge >= 0.3 is 0 Å². The van der Waals surface area contributed by atoms with Crippen LogP contribution in [0.15, 0.2) is 11.4 Å². The summed E-state index contributed by atoms with van der Waals surface area (Å²) >= 11 is 7.45. The quantitative estimate of drug-likeness (QED) is 0.876. The number of hydrogen-bond donors (Lipinski definition) is 2. The molecule has 1 aliphatic carbocycles. The smallest absolute Gasteiger partial charge is 0.263 e. The second kappa shape index (κ2) is 6.04. The average Bonchev–Trinajstić information content (AvgIpc) is 2.86. The van der Waals surface area contributed by atoms with E-state index >= 15 is 0 Å². The molecule has 2 N–H and O–H groups in total. The fraction of sp³-hybridized carbons (Fsp3) is 0.667. The van der Waals surface area contributed by atoms with Gasteiger partial charge < -0.3 is 10.6 Å². The maximum atomic E-state index is 12.3. The highest BCUT2D eigenvalue weighted by molar-refractivity contribution is 7.12. The van der Waals surface area contributed by atoms with Gasteiger partial charge in [0.2, 0.25) is 0 Å². The summed E-state index contributed by atoms with van der Waals surface area (Å²) in [4.78, 5) is 12.9. The van der Waals surface area contributed by atoms with Crippen molar-refractivity contribution < 1.29 is 4.79 Å². The van der Waals surface area contributed by atoms with Crippen molar-refractivity contribution >= 4 is 28.8 Å². The molecule has 2 fully saturated rings. The maximum Gasteiger partial charge on any atom is 0.263 e. The van der Waals surface area contributed by atoms with Gasteiger partial charge in [-0.05, 0) is 43.7 Å². The van der Waals surface area contributed by atoms with Crippen LogP contribution in [0.4, 0.5) is 0 Å². The molecule has 3 nitrogen and oxygen atoms in total. The van der Waals surface area contributed by atoms with Crippen LogP contribution in [-0.2, 0) is 0 Å². The third kappa shape index (κ3) is 3.02. The van der Waals surface area contributed by atoms with Crippen LogP contribution in [0.3, 0.4) is 0 Å². The van der Waals surface area contributed by atoms with Crippen molar-refractivity contribution in [3.05, 3.63) is 21.3 Å². The van der Waals surface area contributed by atoms with Gasteiger partial charge in [-0.15, -0.1) is 11.3 Å². The highest BCUT2D eigenvalue weighted by atomic mass is 35.5. The number of amides is 1. The van der Waals surface area contributed by atoms with E-state index in [1.165, 1.54) is 43.4 Å². The Hall–Kier alpha value is -0.580. The number of rotatable bonds is 2. The Kier molecular flexibility index (Phi) is 4.34. The molecule has 1 saturated heterocycles. The van der Waals surface area contributed by atoms with E-state index in [2.05, 4.69) is 10.6 Å². The lowest BCUT2D eigenvalue weighted by atomic mass is 9.75. The largest absolute Gasteiger partial charge is 0.348 e. The molecule has 5 heteroatoms. The van der Waals surface area contributed by atoms with Crippen LogP contribution in [0.1, 0.15) is 54.6 Å². The van der Waals surface area contributed by atoms with Gasteiger partial charge in [-0.1, -0.05) is 30.9 Å². The minimum atomic E-state index is -0.0112. The summed E-state index contributed by atoms with van der Waals surface area (Å²) in [6, 6.07) is 2.06. The molecule has 1 unspecified atom stereocenters. The Bertz CT molecular complexity index is 476. The Morgan fingerprint density at radius 1 is 1.40 bits per heavy atom. The van der Waals surface area contributed by atoms with Gasteiger partial charge in [0, 0.05) is 11.6 Å². The molecule has 1 aromatic rings. The van der Waals surface area contributed by atoms with Crippen LogP contribution in [0.5, 0.6) is 0 Å². The highest BCUT2D eigenvalue weighted by Crippen LogP contribution is 2.35. The van der Waals surface area contributed by atoms with E-state index < -0.39 is 0 Å². The zero-order chi connectivity index (χ0) is 14.0. The van der Waals surface area contributed by atoms with Gasteiger partial charge in [-0.25, -0.2) is 0 Å². The predicted octanol–water partition coefficient (Wildman–Crippen LogP) is 3.59. The second-order valence-corrected chi connectivity index (χ2v) is 7.35. The summed E-state index contributed by atoms with van der Waals surface area (Å²) < 4.78 is 0. The Labute approximate surface area is 129 Å². The summed E-state index contributed by atoms with van der Waals surface area (Å²) in [5, 5.41) is 9.32. The molecule has 1 atom stereocenters. The zero-order valence-corrected chi connectivity index (χ0v) is 13.2. The van der Waals surface area contributed by atoms with Gasteiger partial charge in [-0.3, -0.25) is 4.79 Å². The van der Waals surface area contributed by atoms with Gasteiger partial charge in [0.25, 0.3) is 5.91 Å². The van der Waals surface area contributed by atoms with Gasteiger partial charge in [0.1, 0.15) is 4.88 Å². The topological polar surface area (TPSA) is 41.1 Å². The van der Waals surface area contributed by atoms with Crippen molar-refractivity contribution in [2.24, 2.45) is 0 Å². The molecule has 1 saturated carbocycles. The van der Waals surface area contributed by atoms with Crippen molar-refractivity contribution in [1.82, 2.24) is 10.6 Å². The third-order valence-electron chi connectivity index (χ3n) is 4.60. The number of piperidine rings is 1. The minimum absolute atomic E-state index is 0.0112. The lowest BCUT2D eigenvalue weighted by Crippen LogP contribution is -2.57. The normalized spacial score (nSPS) is 25.6. The monoisotopic (exact) mass is 312 g/mol. The first-order valence-corrected chi connectivity index (χ1v) is 8.73. The van der Waals surface area contributed by atoms with Crippen molar-refractivity contribution in [3.63, 3.8) is 0 Å². The van der Waals surface area contributed by atoms with Gasteiger partial charge in [-0.2, -0.15) is 0 Å². The Morgan fingerprint density at radius 3 is 2.90 bits per heavy atom. The van der Waals surface area contributed by atoms with Crippen molar-refractivity contribution in [1.29, 1.82) is 0 Å². The molecular weight excluding hydrogens is 292 g/mol. The van der Waals surface area contributed by atoms with Crippen molar-refractivity contribution in [2.75, 3.05) is 6.54 Å². The van der Waals surface area contributed by atoms with E-state index in [0.717, 1.165) is 19.4 Å². The number of nitrogens with one attached hydrogen (secondary N) is 2. The number of halogens is 1. The van der Waals surface area contributed by atoms with Crippen LogP contribution in [0.2, 0.25) is 5.02 Å². The minimum Gasteiger partial charge on any atom is -0.348 e. The molecule has 20 heavy (non-hydrogen) atoms. The summed E-state index contributed by atoms with van der Waals surface area (Å²) in [6.45, 7) is 1.00. The lowest BCUT2D eigenvalue weighted by molar-refractivity contribution is 0.0897. The summed E-state index contributed by atoms with van der Waals surface area (Å²) in [5.41, 5.74) is 0.272. The summed E-state index contributed by atoms with van der Waals surface area (Å²) in [6.07, 6.45) is 8.54. The van der Waals surface area contributed by atoms with E-state index in [1.807, 2.05) is 5.38 Å². The van der Waals surface area contributed by atoms with Crippen LogP contribution in [0, 0.1) is 0 Å². The molecule has 3 rings (SSSR count). The fourth-order valence-corrected chi connectivity index (χ4v) is 4.64. The molecule has 1 amide bonds. The Morgan fingerprint density at radius 2 is 2.20 bits per heavy atom. The molecule has 2 heterocycles. The first-order chi connectivity index (χ1) is 9.69. The van der Waals surface area contributed by atoms with E-state index in [9.17, 15) is 4.79 Å². The van der Waals surface area contributed by atoms with E-state index in [-0.39, 0.29) is 17.5 Å². The first-order valence-electron chi connectivity index (χ1n) is 7.47. The molecule has 1 aromatic heterocycles. The second-order valence-electron chi connectivity index (χ2n) is 6.03. The SMILES string of the molecule is O=C(NC1CCNC2(CCCCC2)C1)c1sccc1Cl. The summed E-state index contributed by atoms with van der Waals surface area (Å²) in [5.74, 6) is -0.0112. The summed E-state index contributed by atoms with van der Waals surface area (Å²) in [7, 11) is 0. The molecule has 1 aliphatic heterocycles. The number of carbonyl (C=O) groups excluding carboxylic acids is 1. The van der Waals surface area contributed by atoms with E-state index in [4.69, 9.17) is 11.6 Å². The lowest BCUT2D eigenvalue weighted by Gasteiger charge is -2.44. The van der Waals surface area contributed by atoms with Crippen molar-refractivity contribution in [2.45, 2.75) is 56.5 Å².